The second-order valence-corrected chi connectivity index (χ2v) is 6.15. The summed E-state index contributed by atoms with van der Waals surface area (Å²) in [5, 5.41) is 10.7. The molecule has 0 bridgehead atoms. The third-order valence-electron chi connectivity index (χ3n) is 2.98. The van der Waals surface area contributed by atoms with Crippen LogP contribution < -0.4 is 4.72 Å². The molecule has 0 fully saturated rings. The molecule has 0 aliphatic carbocycles. The van der Waals surface area contributed by atoms with Crippen molar-refractivity contribution in [2.45, 2.75) is 4.90 Å². The third kappa shape index (κ3) is 2.61. The van der Waals surface area contributed by atoms with Crippen LogP contribution in [-0.2, 0) is 10.0 Å². The number of fused-ring (bicyclic) bond motifs is 1. The third-order valence-corrected chi connectivity index (χ3v) is 4.36. The van der Waals surface area contributed by atoms with Gasteiger partial charge in [-0.05, 0) is 18.2 Å². The van der Waals surface area contributed by atoms with E-state index < -0.39 is 14.9 Å². The summed E-state index contributed by atoms with van der Waals surface area (Å²) in [6.07, 6.45) is 4.84. The van der Waals surface area contributed by atoms with Gasteiger partial charge in [-0.15, -0.1) is 0 Å². The van der Waals surface area contributed by atoms with Crippen LogP contribution in [0, 0.1) is 10.1 Å². The number of rotatable bonds is 4. The van der Waals surface area contributed by atoms with Crippen molar-refractivity contribution in [2.24, 2.45) is 0 Å². The smallest absolute Gasteiger partial charge is 0.270 e. The molecule has 9 heteroatoms. The van der Waals surface area contributed by atoms with E-state index in [1.807, 2.05) is 0 Å². The molecule has 0 unspecified atom stereocenters. The van der Waals surface area contributed by atoms with Gasteiger partial charge in [0.25, 0.3) is 15.7 Å². The highest BCUT2D eigenvalue weighted by Gasteiger charge is 2.17. The molecule has 3 aromatic rings. The first-order chi connectivity index (χ1) is 10.5. The number of nitro benzene ring substituents is 1. The van der Waals surface area contributed by atoms with E-state index in [2.05, 4.69) is 9.71 Å². The largest absolute Gasteiger partial charge is 0.305 e. The Labute approximate surface area is 125 Å². The molecule has 0 amide bonds. The van der Waals surface area contributed by atoms with E-state index in [1.165, 1.54) is 18.2 Å². The minimum absolute atomic E-state index is 0.174. The van der Waals surface area contributed by atoms with Gasteiger partial charge in [-0.25, -0.2) is 13.4 Å². The minimum atomic E-state index is -3.91. The van der Waals surface area contributed by atoms with E-state index >= 15 is 0 Å². The van der Waals surface area contributed by atoms with E-state index in [0.717, 1.165) is 6.07 Å². The summed E-state index contributed by atoms with van der Waals surface area (Å²) in [6.45, 7) is 0. The van der Waals surface area contributed by atoms with Gasteiger partial charge in [0.2, 0.25) is 0 Å². The summed E-state index contributed by atoms with van der Waals surface area (Å²) >= 11 is 0. The number of nitrogens with one attached hydrogen (secondary N) is 1. The van der Waals surface area contributed by atoms with Crippen molar-refractivity contribution in [1.29, 1.82) is 0 Å². The molecule has 0 spiro atoms. The maximum Gasteiger partial charge on any atom is 0.270 e. The lowest BCUT2D eigenvalue weighted by molar-refractivity contribution is -0.385. The Morgan fingerprint density at radius 2 is 2.05 bits per heavy atom. The minimum Gasteiger partial charge on any atom is -0.305 e. The summed E-state index contributed by atoms with van der Waals surface area (Å²) in [6, 6.07) is 8.09. The van der Waals surface area contributed by atoms with Crippen molar-refractivity contribution in [1.82, 2.24) is 9.38 Å². The number of sulfonamides is 1. The lowest BCUT2D eigenvalue weighted by Crippen LogP contribution is -2.13. The molecule has 0 saturated heterocycles. The Balaban J connectivity index is 1.95. The van der Waals surface area contributed by atoms with Crippen LogP contribution in [0.25, 0.3) is 5.65 Å². The molecule has 0 aliphatic heterocycles. The number of nitrogens with zero attached hydrogens (tertiary/aromatic N) is 3. The monoisotopic (exact) mass is 318 g/mol. The fourth-order valence-electron chi connectivity index (χ4n) is 1.96. The van der Waals surface area contributed by atoms with Crippen LogP contribution >= 0.6 is 0 Å². The average Bonchev–Trinajstić information content (AvgIpc) is 2.94. The number of aromatic nitrogens is 2. The van der Waals surface area contributed by atoms with Crippen LogP contribution in [0.15, 0.2) is 59.9 Å². The van der Waals surface area contributed by atoms with E-state index in [-0.39, 0.29) is 10.6 Å². The average molecular weight is 318 g/mol. The molecule has 3 rings (SSSR count). The van der Waals surface area contributed by atoms with Crippen LogP contribution in [0.3, 0.4) is 0 Å². The summed E-state index contributed by atoms with van der Waals surface area (Å²) in [5.74, 6) is 0. The van der Waals surface area contributed by atoms with Crippen molar-refractivity contribution < 1.29 is 13.3 Å². The van der Waals surface area contributed by atoms with Crippen LogP contribution in [0.1, 0.15) is 0 Å². The first-order valence-corrected chi connectivity index (χ1v) is 7.64. The van der Waals surface area contributed by atoms with E-state index in [9.17, 15) is 18.5 Å². The van der Waals surface area contributed by atoms with Crippen LogP contribution in [0.2, 0.25) is 0 Å². The number of pyridine rings is 1. The zero-order valence-electron chi connectivity index (χ0n) is 11.1. The van der Waals surface area contributed by atoms with Crippen molar-refractivity contribution in [3.8, 4) is 0 Å². The van der Waals surface area contributed by atoms with Crippen LogP contribution in [0.4, 0.5) is 11.4 Å². The lowest BCUT2D eigenvalue weighted by atomic mass is 10.3. The Morgan fingerprint density at radius 3 is 2.82 bits per heavy atom. The molecule has 8 nitrogen and oxygen atoms in total. The molecular formula is C13H10N4O4S. The molecular weight excluding hydrogens is 308 g/mol. The number of non-ortho nitro benzene ring substituents is 1. The number of hydrogen-bond donors (Lipinski definition) is 1. The fourth-order valence-corrected chi connectivity index (χ4v) is 3.04. The van der Waals surface area contributed by atoms with Crippen molar-refractivity contribution in [2.75, 3.05) is 4.72 Å². The molecule has 0 atom stereocenters. The van der Waals surface area contributed by atoms with Gasteiger partial charge < -0.3 is 4.40 Å². The first kappa shape index (κ1) is 14.0. The maximum atomic E-state index is 12.3. The first-order valence-electron chi connectivity index (χ1n) is 6.16. The van der Waals surface area contributed by atoms with Gasteiger partial charge in [0.15, 0.2) is 0 Å². The van der Waals surface area contributed by atoms with Crippen LogP contribution in [0.5, 0.6) is 0 Å². The molecule has 0 saturated carbocycles. The van der Waals surface area contributed by atoms with Crippen molar-refractivity contribution in [3.05, 3.63) is 65.1 Å². The Kier molecular flexibility index (Phi) is 3.26. The molecule has 112 valence electrons. The maximum absolute atomic E-state index is 12.3. The van der Waals surface area contributed by atoms with E-state index in [4.69, 9.17) is 0 Å². The quantitative estimate of drug-likeness (QED) is 0.585. The zero-order valence-corrected chi connectivity index (χ0v) is 11.9. The van der Waals surface area contributed by atoms with E-state index in [0.29, 0.717) is 11.3 Å². The molecule has 0 radical (unpaired) electrons. The topological polar surface area (TPSA) is 107 Å². The van der Waals surface area contributed by atoms with Gasteiger partial charge in [0.05, 0.1) is 15.5 Å². The molecule has 2 aromatic heterocycles. The fraction of sp³-hybridized carbons (Fsp3) is 0. The van der Waals surface area contributed by atoms with Gasteiger partial charge in [0, 0.05) is 30.7 Å². The molecule has 2 heterocycles. The highest BCUT2D eigenvalue weighted by molar-refractivity contribution is 7.92. The second-order valence-electron chi connectivity index (χ2n) is 4.47. The number of benzene rings is 1. The Hall–Kier alpha value is -2.94. The Morgan fingerprint density at radius 1 is 1.23 bits per heavy atom. The van der Waals surface area contributed by atoms with Gasteiger partial charge in [0.1, 0.15) is 5.65 Å². The normalized spacial score (nSPS) is 11.5. The predicted molar refractivity (Wildman–Crippen MR) is 79.1 cm³/mol. The van der Waals surface area contributed by atoms with Crippen molar-refractivity contribution in [3.63, 3.8) is 0 Å². The van der Waals surface area contributed by atoms with Gasteiger partial charge in [-0.1, -0.05) is 6.07 Å². The highest BCUT2D eigenvalue weighted by Crippen LogP contribution is 2.20. The molecule has 22 heavy (non-hydrogen) atoms. The SMILES string of the molecule is O=[N+]([O-])c1cccc(S(=O)(=O)Nc2ccc3nccn3c2)c1. The van der Waals surface area contributed by atoms with Gasteiger partial charge in [-0.2, -0.15) is 0 Å². The van der Waals surface area contributed by atoms with Gasteiger partial charge >= 0.3 is 0 Å². The molecule has 0 aliphatic rings. The van der Waals surface area contributed by atoms with E-state index in [1.54, 1.807) is 35.1 Å². The predicted octanol–water partition coefficient (Wildman–Crippen LogP) is 2.04. The van der Waals surface area contributed by atoms with Gasteiger partial charge in [-0.3, -0.25) is 14.8 Å². The lowest BCUT2D eigenvalue weighted by Gasteiger charge is -2.08. The summed E-state index contributed by atoms with van der Waals surface area (Å²) < 4.78 is 28.6. The number of hydrogen-bond acceptors (Lipinski definition) is 5. The number of anilines is 1. The Bertz CT molecular complexity index is 965. The molecule has 1 N–H and O–H groups in total. The van der Waals surface area contributed by atoms with Crippen molar-refractivity contribution >= 4 is 27.0 Å². The highest BCUT2D eigenvalue weighted by atomic mass is 32.2. The van der Waals surface area contributed by atoms with Crippen LogP contribution in [-0.4, -0.2) is 22.7 Å². The zero-order chi connectivity index (χ0) is 15.7. The summed E-state index contributed by atoms with van der Waals surface area (Å²) in [5.41, 5.74) is 0.725. The number of nitro groups is 1. The second kappa shape index (κ2) is 5.11. The standard InChI is InChI=1S/C13H10N4O4S/c18-17(19)11-2-1-3-12(8-11)22(20,21)15-10-4-5-13-14-6-7-16(13)9-10/h1-9,15H. The number of imidazole rings is 1. The molecule has 1 aromatic carbocycles. The summed E-state index contributed by atoms with van der Waals surface area (Å²) in [4.78, 5) is 14.0. The summed E-state index contributed by atoms with van der Waals surface area (Å²) in [7, 11) is -3.91.